The number of allylic oxidation sites excluding steroid dienone is 1. The molecule has 1 aromatic carbocycles. The Bertz CT molecular complexity index is 568. The maximum Gasteiger partial charge on any atom is 0.0564 e. The van der Waals surface area contributed by atoms with Gasteiger partial charge in [-0.3, -0.25) is 4.90 Å². The molecule has 2 aliphatic heterocycles. The third kappa shape index (κ3) is 2.89. The molecule has 0 aromatic heterocycles. The van der Waals surface area contributed by atoms with E-state index in [1.54, 1.807) is 0 Å². The highest BCUT2D eigenvalue weighted by Crippen LogP contribution is 2.33. The Balaban J connectivity index is 1.89. The Morgan fingerprint density at radius 1 is 1.24 bits per heavy atom. The first kappa shape index (κ1) is 14.4. The highest BCUT2D eigenvalue weighted by Gasteiger charge is 2.24. The van der Waals surface area contributed by atoms with E-state index in [1.165, 1.54) is 22.4 Å². The minimum Gasteiger partial charge on any atom is -0.393 e. The molecule has 0 aliphatic carbocycles. The Hall–Kier alpha value is -1.58. The molecule has 3 rings (SSSR count). The standard InChI is InChI=1S/C18H24N2O/c1-3-18-17(12-20-10-8-14(21)9-11-20)16-7-5-4-6-15(16)13(2)19-18/h4-7,14,19,21H,2-3,8-12H2,1H3. The maximum absolute atomic E-state index is 9.66. The molecule has 0 saturated carbocycles. The van der Waals surface area contributed by atoms with Crippen LogP contribution in [0.25, 0.3) is 11.3 Å². The van der Waals surface area contributed by atoms with E-state index in [1.807, 2.05) is 0 Å². The fraction of sp³-hybridized carbons (Fsp3) is 0.444. The summed E-state index contributed by atoms with van der Waals surface area (Å²) in [6.45, 7) is 9.24. The van der Waals surface area contributed by atoms with E-state index in [0.29, 0.717) is 0 Å². The van der Waals surface area contributed by atoms with Gasteiger partial charge in [0.25, 0.3) is 0 Å². The number of hydrogen-bond donors (Lipinski definition) is 2. The van der Waals surface area contributed by atoms with Crippen LogP contribution in [0.15, 0.2) is 36.5 Å². The number of rotatable bonds is 3. The third-order valence-electron chi connectivity index (χ3n) is 4.54. The van der Waals surface area contributed by atoms with Crippen LogP contribution in [0.5, 0.6) is 0 Å². The van der Waals surface area contributed by atoms with Gasteiger partial charge in [0, 0.05) is 36.6 Å². The predicted octanol–water partition coefficient (Wildman–Crippen LogP) is 2.84. The summed E-state index contributed by atoms with van der Waals surface area (Å²) in [6.07, 6.45) is 2.64. The van der Waals surface area contributed by atoms with Gasteiger partial charge >= 0.3 is 0 Å². The summed E-state index contributed by atoms with van der Waals surface area (Å²) in [6, 6.07) is 8.50. The lowest BCUT2D eigenvalue weighted by atomic mass is 9.91. The van der Waals surface area contributed by atoms with Gasteiger partial charge in [-0.25, -0.2) is 0 Å². The van der Waals surface area contributed by atoms with Crippen molar-refractivity contribution in [2.75, 3.05) is 19.6 Å². The summed E-state index contributed by atoms with van der Waals surface area (Å²) >= 11 is 0. The zero-order chi connectivity index (χ0) is 14.8. The van der Waals surface area contributed by atoms with Gasteiger partial charge in [-0.1, -0.05) is 37.8 Å². The quantitative estimate of drug-likeness (QED) is 0.896. The second-order valence-corrected chi connectivity index (χ2v) is 5.97. The van der Waals surface area contributed by atoms with Crippen LogP contribution in [0.1, 0.15) is 37.3 Å². The van der Waals surface area contributed by atoms with Crippen molar-refractivity contribution in [2.24, 2.45) is 0 Å². The van der Waals surface area contributed by atoms with Crippen molar-refractivity contribution in [3.8, 4) is 0 Å². The molecule has 3 heteroatoms. The molecule has 0 amide bonds. The van der Waals surface area contributed by atoms with Crippen molar-refractivity contribution in [2.45, 2.75) is 32.3 Å². The van der Waals surface area contributed by atoms with Crippen LogP contribution < -0.4 is 5.32 Å². The average molecular weight is 284 g/mol. The molecule has 2 N–H and O–H groups in total. The predicted molar refractivity (Wildman–Crippen MR) is 87.5 cm³/mol. The normalized spacial score (nSPS) is 20.4. The van der Waals surface area contributed by atoms with Crippen LogP contribution in [0.2, 0.25) is 0 Å². The summed E-state index contributed by atoms with van der Waals surface area (Å²) in [5, 5.41) is 13.1. The van der Waals surface area contributed by atoms with Crippen LogP contribution in [0.3, 0.4) is 0 Å². The summed E-state index contributed by atoms with van der Waals surface area (Å²) in [5.74, 6) is 0. The zero-order valence-corrected chi connectivity index (χ0v) is 12.7. The molecule has 0 radical (unpaired) electrons. The van der Waals surface area contributed by atoms with Gasteiger partial charge in [-0.2, -0.15) is 0 Å². The third-order valence-corrected chi connectivity index (χ3v) is 4.54. The summed E-state index contributed by atoms with van der Waals surface area (Å²) in [4.78, 5) is 2.45. The maximum atomic E-state index is 9.66. The van der Waals surface area contributed by atoms with Crippen LogP contribution in [0.4, 0.5) is 0 Å². The smallest absolute Gasteiger partial charge is 0.0564 e. The second-order valence-electron chi connectivity index (χ2n) is 5.97. The first-order valence-corrected chi connectivity index (χ1v) is 7.87. The Morgan fingerprint density at radius 3 is 2.57 bits per heavy atom. The number of fused-ring (bicyclic) bond motifs is 1. The molecule has 0 atom stereocenters. The average Bonchev–Trinajstić information content (AvgIpc) is 2.52. The molecule has 2 heterocycles. The zero-order valence-electron chi connectivity index (χ0n) is 12.7. The number of aliphatic hydroxyl groups is 1. The fourth-order valence-corrected chi connectivity index (χ4v) is 3.28. The van der Waals surface area contributed by atoms with Gasteiger partial charge in [-0.15, -0.1) is 0 Å². The van der Waals surface area contributed by atoms with Crippen molar-refractivity contribution in [3.05, 3.63) is 47.7 Å². The highest BCUT2D eigenvalue weighted by molar-refractivity contribution is 5.85. The molecule has 21 heavy (non-hydrogen) atoms. The van der Waals surface area contributed by atoms with Gasteiger partial charge in [0.2, 0.25) is 0 Å². The molecule has 0 spiro atoms. The van der Waals surface area contributed by atoms with Crippen LogP contribution >= 0.6 is 0 Å². The lowest BCUT2D eigenvalue weighted by Crippen LogP contribution is -2.37. The number of aliphatic hydroxyl groups excluding tert-OH is 1. The fourth-order valence-electron chi connectivity index (χ4n) is 3.28. The van der Waals surface area contributed by atoms with Crippen LogP contribution in [-0.4, -0.2) is 35.7 Å². The molecule has 1 aromatic rings. The Labute approximate surface area is 127 Å². The second kappa shape index (κ2) is 6.04. The van der Waals surface area contributed by atoms with Crippen molar-refractivity contribution >= 4 is 11.3 Å². The molecular weight excluding hydrogens is 260 g/mol. The number of piperidine rings is 1. The van der Waals surface area contributed by atoms with Crippen molar-refractivity contribution in [3.63, 3.8) is 0 Å². The summed E-state index contributed by atoms with van der Waals surface area (Å²) in [7, 11) is 0. The lowest BCUT2D eigenvalue weighted by Gasteiger charge is -2.33. The SMILES string of the molecule is C=C1NC(CC)=C(CN2CCC(O)CC2)c2ccccc21. The summed E-state index contributed by atoms with van der Waals surface area (Å²) in [5.41, 5.74) is 6.19. The topological polar surface area (TPSA) is 35.5 Å². The van der Waals surface area contributed by atoms with E-state index in [4.69, 9.17) is 0 Å². The van der Waals surface area contributed by atoms with Gasteiger partial charge in [0.1, 0.15) is 0 Å². The minimum atomic E-state index is -0.113. The molecular formula is C18H24N2O. The Kier molecular flexibility index (Phi) is 4.13. The van der Waals surface area contributed by atoms with E-state index in [2.05, 4.69) is 48.0 Å². The lowest BCUT2D eigenvalue weighted by molar-refractivity contribution is 0.0888. The molecule has 2 aliphatic rings. The van der Waals surface area contributed by atoms with E-state index >= 15 is 0 Å². The molecule has 0 unspecified atom stereocenters. The largest absolute Gasteiger partial charge is 0.393 e. The number of hydrogen-bond acceptors (Lipinski definition) is 3. The van der Waals surface area contributed by atoms with E-state index in [9.17, 15) is 5.11 Å². The van der Waals surface area contributed by atoms with Crippen LogP contribution in [0, 0.1) is 0 Å². The van der Waals surface area contributed by atoms with Crippen LogP contribution in [-0.2, 0) is 0 Å². The van der Waals surface area contributed by atoms with Crippen molar-refractivity contribution in [1.29, 1.82) is 0 Å². The van der Waals surface area contributed by atoms with E-state index < -0.39 is 0 Å². The summed E-state index contributed by atoms with van der Waals surface area (Å²) < 4.78 is 0. The van der Waals surface area contributed by atoms with Gasteiger partial charge in [0.05, 0.1) is 6.10 Å². The number of nitrogens with one attached hydrogen (secondary N) is 1. The molecule has 1 fully saturated rings. The molecule has 1 saturated heterocycles. The molecule has 3 nitrogen and oxygen atoms in total. The first-order chi connectivity index (χ1) is 10.2. The molecule has 0 bridgehead atoms. The molecule has 112 valence electrons. The van der Waals surface area contributed by atoms with Crippen molar-refractivity contribution < 1.29 is 5.11 Å². The monoisotopic (exact) mass is 284 g/mol. The van der Waals surface area contributed by atoms with E-state index in [-0.39, 0.29) is 6.10 Å². The van der Waals surface area contributed by atoms with Gasteiger partial charge < -0.3 is 10.4 Å². The van der Waals surface area contributed by atoms with Gasteiger partial charge in [0.15, 0.2) is 0 Å². The highest BCUT2D eigenvalue weighted by atomic mass is 16.3. The van der Waals surface area contributed by atoms with Crippen molar-refractivity contribution in [1.82, 2.24) is 10.2 Å². The Morgan fingerprint density at radius 2 is 1.90 bits per heavy atom. The van der Waals surface area contributed by atoms with Gasteiger partial charge in [-0.05, 0) is 30.4 Å². The number of benzene rings is 1. The number of likely N-dealkylation sites (tertiary alicyclic amines) is 1. The minimum absolute atomic E-state index is 0.113. The number of nitrogens with zero attached hydrogens (tertiary/aromatic N) is 1. The first-order valence-electron chi connectivity index (χ1n) is 7.87. The van der Waals surface area contributed by atoms with E-state index in [0.717, 1.165) is 44.6 Å².